The van der Waals surface area contributed by atoms with Gasteiger partial charge in [-0.3, -0.25) is 4.79 Å². The van der Waals surface area contributed by atoms with Crippen LogP contribution in [0.4, 0.5) is 5.69 Å². The van der Waals surface area contributed by atoms with Crippen molar-refractivity contribution in [3.8, 4) is 0 Å². The molecular weight excluding hydrogens is 270 g/mol. The van der Waals surface area contributed by atoms with Gasteiger partial charge in [0, 0.05) is 19.3 Å². The number of carbonyl (C=O) groups excluding carboxylic acids is 1. The molecule has 0 fully saturated rings. The molecule has 0 saturated heterocycles. The zero-order valence-corrected chi connectivity index (χ0v) is 11.1. The van der Waals surface area contributed by atoms with Gasteiger partial charge in [-0.2, -0.15) is 0 Å². The third-order valence-electron chi connectivity index (χ3n) is 2.17. The average Bonchev–Trinajstić information content (AvgIpc) is 2.30. The number of nitrogens with zero attached hydrogens (tertiary/aromatic N) is 1. The summed E-state index contributed by atoms with van der Waals surface area (Å²) in [7, 11) is 1.95. The Hall–Kier alpha value is -1.03. The lowest BCUT2D eigenvalue weighted by Gasteiger charge is -2.21. The molecule has 0 bridgehead atoms. The van der Waals surface area contributed by atoms with E-state index in [1.807, 2.05) is 42.3 Å². The lowest BCUT2D eigenvalue weighted by Crippen LogP contribution is -2.31. The Morgan fingerprint density at radius 1 is 1.44 bits per heavy atom. The first-order chi connectivity index (χ1) is 7.65. The Kier molecular flexibility index (Phi) is 5.32. The van der Waals surface area contributed by atoms with Gasteiger partial charge in [0.15, 0.2) is 0 Å². The Morgan fingerprint density at radius 3 is 2.62 bits per heavy atom. The highest BCUT2D eigenvalue weighted by molar-refractivity contribution is 9.10. The first-order valence-corrected chi connectivity index (χ1v) is 6.13. The number of hydrogen-bond donors (Lipinski definition) is 0. The van der Waals surface area contributed by atoms with Crippen molar-refractivity contribution in [1.29, 1.82) is 0 Å². The van der Waals surface area contributed by atoms with Gasteiger partial charge in [0.05, 0.1) is 6.61 Å². The van der Waals surface area contributed by atoms with Gasteiger partial charge in [0.25, 0.3) is 0 Å². The SMILES string of the molecule is CCOC(=O)C(Br)CN(C)c1ccccc1. The van der Waals surface area contributed by atoms with E-state index < -0.39 is 0 Å². The molecule has 0 aliphatic carbocycles. The topological polar surface area (TPSA) is 29.5 Å². The van der Waals surface area contributed by atoms with Crippen LogP contribution in [0, 0.1) is 0 Å². The summed E-state index contributed by atoms with van der Waals surface area (Å²) in [5, 5.41) is 0. The molecule has 0 heterocycles. The second-order valence-corrected chi connectivity index (χ2v) is 4.54. The summed E-state index contributed by atoms with van der Waals surface area (Å²) in [6.45, 7) is 2.80. The van der Waals surface area contributed by atoms with E-state index in [-0.39, 0.29) is 10.8 Å². The molecule has 1 aromatic rings. The Balaban J connectivity index is 2.51. The lowest BCUT2D eigenvalue weighted by atomic mass is 10.3. The van der Waals surface area contributed by atoms with Crippen LogP contribution in [0.2, 0.25) is 0 Å². The molecule has 0 spiro atoms. The fourth-order valence-electron chi connectivity index (χ4n) is 1.34. The number of anilines is 1. The van der Waals surface area contributed by atoms with Crippen molar-refractivity contribution in [2.45, 2.75) is 11.8 Å². The van der Waals surface area contributed by atoms with E-state index in [1.54, 1.807) is 6.92 Å². The largest absolute Gasteiger partial charge is 0.465 e. The average molecular weight is 286 g/mol. The fraction of sp³-hybridized carbons (Fsp3) is 0.417. The van der Waals surface area contributed by atoms with Crippen LogP contribution in [-0.2, 0) is 9.53 Å². The minimum Gasteiger partial charge on any atom is -0.465 e. The number of carbonyl (C=O) groups is 1. The number of para-hydroxylation sites is 1. The maximum absolute atomic E-state index is 11.4. The Morgan fingerprint density at radius 2 is 2.06 bits per heavy atom. The molecule has 1 rings (SSSR count). The van der Waals surface area contributed by atoms with Gasteiger partial charge in [-0.1, -0.05) is 34.1 Å². The van der Waals surface area contributed by atoms with E-state index in [0.717, 1.165) is 5.69 Å². The quantitative estimate of drug-likeness (QED) is 0.615. The van der Waals surface area contributed by atoms with Gasteiger partial charge in [-0.25, -0.2) is 0 Å². The molecule has 1 aromatic carbocycles. The van der Waals surface area contributed by atoms with Crippen molar-refractivity contribution in [2.75, 3.05) is 25.1 Å². The van der Waals surface area contributed by atoms with E-state index in [0.29, 0.717) is 13.2 Å². The van der Waals surface area contributed by atoms with Crippen molar-refractivity contribution >= 4 is 27.6 Å². The molecule has 3 nitrogen and oxygen atoms in total. The predicted octanol–water partition coefficient (Wildman–Crippen LogP) is 2.45. The number of ether oxygens (including phenoxy) is 1. The van der Waals surface area contributed by atoms with E-state index in [1.165, 1.54) is 0 Å². The molecule has 0 radical (unpaired) electrons. The van der Waals surface area contributed by atoms with E-state index in [4.69, 9.17) is 4.74 Å². The summed E-state index contributed by atoms with van der Waals surface area (Å²) in [6.07, 6.45) is 0. The van der Waals surface area contributed by atoms with Gasteiger partial charge in [0.1, 0.15) is 4.83 Å². The first-order valence-electron chi connectivity index (χ1n) is 5.22. The summed E-state index contributed by atoms with van der Waals surface area (Å²) >= 11 is 3.33. The van der Waals surface area contributed by atoms with Crippen LogP contribution in [0.15, 0.2) is 30.3 Å². The summed E-state index contributed by atoms with van der Waals surface area (Å²) in [6, 6.07) is 9.92. The maximum Gasteiger partial charge on any atom is 0.321 e. The highest BCUT2D eigenvalue weighted by Crippen LogP contribution is 2.14. The molecule has 88 valence electrons. The molecule has 0 amide bonds. The summed E-state index contributed by atoms with van der Waals surface area (Å²) < 4.78 is 4.93. The second-order valence-electron chi connectivity index (χ2n) is 3.44. The molecular formula is C12H16BrNO2. The second kappa shape index (κ2) is 6.53. The molecule has 0 aliphatic heterocycles. The molecule has 4 heteroatoms. The Bertz CT molecular complexity index is 329. The van der Waals surface area contributed by atoms with Crippen molar-refractivity contribution in [1.82, 2.24) is 0 Å². The van der Waals surface area contributed by atoms with Crippen LogP contribution < -0.4 is 4.90 Å². The van der Waals surface area contributed by atoms with Gasteiger partial charge >= 0.3 is 5.97 Å². The smallest absolute Gasteiger partial charge is 0.321 e. The highest BCUT2D eigenvalue weighted by Gasteiger charge is 2.17. The van der Waals surface area contributed by atoms with Gasteiger partial charge in [0.2, 0.25) is 0 Å². The standard InChI is InChI=1S/C12H16BrNO2/c1-3-16-12(15)11(13)9-14(2)10-7-5-4-6-8-10/h4-8,11H,3,9H2,1-2H3. The molecule has 0 N–H and O–H groups in total. The van der Waals surface area contributed by atoms with Crippen LogP contribution in [0.3, 0.4) is 0 Å². The first kappa shape index (κ1) is 13.0. The number of rotatable bonds is 5. The van der Waals surface area contributed by atoms with Crippen molar-refractivity contribution < 1.29 is 9.53 Å². The minimum absolute atomic E-state index is 0.217. The van der Waals surface area contributed by atoms with Crippen LogP contribution in [0.1, 0.15) is 6.92 Å². The van der Waals surface area contributed by atoms with Crippen LogP contribution in [-0.4, -0.2) is 31.0 Å². The number of alkyl halides is 1. The minimum atomic E-state index is -0.294. The predicted molar refractivity (Wildman–Crippen MR) is 69.1 cm³/mol. The Labute approximate surface area is 105 Å². The number of esters is 1. The van der Waals surface area contributed by atoms with Gasteiger partial charge in [-0.15, -0.1) is 0 Å². The number of halogens is 1. The third kappa shape index (κ3) is 3.85. The van der Waals surface area contributed by atoms with Crippen molar-refractivity contribution in [3.63, 3.8) is 0 Å². The van der Waals surface area contributed by atoms with E-state index >= 15 is 0 Å². The monoisotopic (exact) mass is 285 g/mol. The van der Waals surface area contributed by atoms with Crippen LogP contribution in [0.5, 0.6) is 0 Å². The molecule has 16 heavy (non-hydrogen) atoms. The molecule has 1 atom stereocenters. The molecule has 0 saturated carbocycles. The number of hydrogen-bond acceptors (Lipinski definition) is 3. The zero-order chi connectivity index (χ0) is 12.0. The van der Waals surface area contributed by atoms with Gasteiger partial charge < -0.3 is 9.64 Å². The van der Waals surface area contributed by atoms with Crippen LogP contribution >= 0.6 is 15.9 Å². The van der Waals surface area contributed by atoms with Gasteiger partial charge in [-0.05, 0) is 19.1 Å². The zero-order valence-electron chi connectivity index (χ0n) is 9.52. The van der Waals surface area contributed by atoms with Crippen LogP contribution in [0.25, 0.3) is 0 Å². The molecule has 0 aromatic heterocycles. The molecule has 1 unspecified atom stereocenters. The maximum atomic E-state index is 11.4. The van der Waals surface area contributed by atoms with Crippen molar-refractivity contribution in [2.24, 2.45) is 0 Å². The van der Waals surface area contributed by atoms with E-state index in [2.05, 4.69) is 15.9 Å². The summed E-state index contributed by atoms with van der Waals surface area (Å²) in [5.41, 5.74) is 1.08. The molecule has 0 aliphatic rings. The highest BCUT2D eigenvalue weighted by atomic mass is 79.9. The normalized spacial score (nSPS) is 11.9. The summed E-state index contributed by atoms with van der Waals surface area (Å²) in [5.74, 6) is -0.217. The fourth-order valence-corrected chi connectivity index (χ4v) is 1.90. The summed E-state index contributed by atoms with van der Waals surface area (Å²) in [4.78, 5) is 13.1. The number of benzene rings is 1. The third-order valence-corrected chi connectivity index (χ3v) is 2.84. The lowest BCUT2D eigenvalue weighted by molar-refractivity contribution is -0.142. The van der Waals surface area contributed by atoms with Crippen molar-refractivity contribution in [3.05, 3.63) is 30.3 Å². The van der Waals surface area contributed by atoms with E-state index in [9.17, 15) is 4.79 Å².